The Morgan fingerprint density at radius 2 is 0.579 bits per heavy atom. The smallest absolute Gasteiger partial charge is 0.119 e. The largest absolute Gasteiger partial charge is 0.491 e. The predicted molar refractivity (Wildman–Crippen MR) is 449 cm³/mol. The third-order valence-corrected chi connectivity index (χ3v) is 19.9. The van der Waals surface area contributed by atoms with Crippen LogP contribution in [0.1, 0.15) is 45.6 Å². The number of hydrogen-bond acceptors (Lipinski definition) is 16. The van der Waals surface area contributed by atoms with Gasteiger partial charge in [0.05, 0.1) is 146 Å². The molecule has 0 unspecified atom stereocenters. The molecule has 14 heterocycles. The van der Waals surface area contributed by atoms with E-state index in [0.717, 1.165) is 190 Å². The van der Waals surface area contributed by atoms with Crippen molar-refractivity contribution < 1.29 is 28.4 Å². The minimum Gasteiger partial charge on any atom is -0.491 e. The fourth-order valence-electron chi connectivity index (χ4n) is 14.2. The van der Waals surface area contributed by atoms with E-state index in [-0.39, 0.29) is 0 Å². The topological polar surface area (TPSA) is 257 Å². The number of fused-ring (bicyclic) bond motifs is 19. The normalized spacial score (nSPS) is 12.3. The number of ether oxygens (including phenoxy) is 6. The van der Waals surface area contributed by atoms with E-state index in [4.69, 9.17) is 58.3 Å². The number of pyridine rings is 2. The van der Waals surface area contributed by atoms with Gasteiger partial charge in [-0.25, -0.2) is 39.3 Å². The van der Waals surface area contributed by atoms with Crippen molar-refractivity contribution in [3.8, 4) is 78.8 Å². The summed E-state index contributed by atoms with van der Waals surface area (Å²) in [7, 11) is 0. The average molecular weight is 1500 g/mol. The van der Waals surface area contributed by atoms with Gasteiger partial charge < -0.3 is 48.4 Å². The maximum atomic E-state index is 6.05. The SMILES string of the molecule is C1=Cc2cc3ccc([nH]3)c(-c3ccc(-c4cn(CCOCCOCCOc5ccc(-c6ccc7ccc8ccc(-c9ccc(OCCOCCOCCn%10cc(-c%11ccc(-c%12c%13nc(cc%14ccc(cc%15nc(cc%16ccc%12[nH]%16)C=C%15)[nH]%14)C=C%13)cc%11)nn%10)cc9)nc8c7n6)cc5)nn4)cc3)c3nc(cc4ccc(cc1n2)[nH]4)C=C3. The number of rotatable bonds is 26. The molecular formula is C92H74N16O6. The van der Waals surface area contributed by atoms with Crippen LogP contribution in [0.2, 0.25) is 0 Å². The second-order valence-electron chi connectivity index (χ2n) is 27.8. The van der Waals surface area contributed by atoms with Crippen LogP contribution in [0, 0.1) is 0 Å². The van der Waals surface area contributed by atoms with Crippen LogP contribution < -0.4 is 9.47 Å². The Labute approximate surface area is 653 Å². The number of aromatic nitrogens is 16. The van der Waals surface area contributed by atoms with E-state index in [1.54, 1.807) is 9.36 Å². The van der Waals surface area contributed by atoms with Crippen LogP contribution in [0.15, 0.2) is 231 Å². The lowest BCUT2D eigenvalue weighted by Gasteiger charge is -2.10. The highest BCUT2D eigenvalue weighted by molar-refractivity contribution is 6.04. The van der Waals surface area contributed by atoms with E-state index in [1.807, 2.05) is 122 Å². The van der Waals surface area contributed by atoms with Crippen LogP contribution in [-0.4, -0.2) is 146 Å². The van der Waals surface area contributed by atoms with Gasteiger partial charge in [-0.1, -0.05) is 83.2 Å². The van der Waals surface area contributed by atoms with Gasteiger partial charge in [0.1, 0.15) is 36.1 Å². The zero-order valence-electron chi connectivity index (χ0n) is 61.9. The maximum absolute atomic E-state index is 6.05. The highest BCUT2D eigenvalue weighted by Gasteiger charge is 2.18. The van der Waals surface area contributed by atoms with Crippen molar-refractivity contribution in [3.05, 3.63) is 276 Å². The third kappa shape index (κ3) is 16.1. The molecule has 0 saturated heterocycles. The number of aromatic amines is 4. The van der Waals surface area contributed by atoms with Crippen LogP contribution >= 0.6 is 0 Å². The van der Waals surface area contributed by atoms with Gasteiger partial charge in [-0.05, 0) is 205 Å². The van der Waals surface area contributed by atoms with Crippen LogP contribution in [0.3, 0.4) is 0 Å². The minimum absolute atomic E-state index is 0.395. The average Bonchev–Trinajstić information content (AvgIpc) is 1.05. The van der Waals surface area contributed by atoms with Gasteiger partial charge in [0.15, 0.2) is 0 Å². The Morgan fingerprint density at radius 3 is 0.982 bits per heavy atom. The van der Waals surface area contributed by atoms with Crippen molar-refractivity contribution in [3.63, 3.8) is 0 Å². The van der Waals surface area contributed by atoms with E-state index >= 15 is 0 Å². The fraction of sp³-hybridized carbons (Fsp3) is 0.130. The van der Waals surface area contributed by atoms with Crippen molar-refractivity contribution in [2.24, 2.45) is 0 Å². The number of hydrogen-bond donors (Lipinski definition) is 4. The molecule has 5 aromatic carbocycles. The predicted octanol–water partition coefficient (Wildman–Crippen LogP) is 18.1. The Bertz CT molecular complexity index is 6190. The van der Waals surface area contributed by atoms with Crippen LogP contribution in [-0.2, 0) is 32.0 Å². The molecule has 16 bridgehead atoms. The summed E-state index contributed by atoms with van der Waals surface area (Å²) in [5.74, 6) is 1.48. The van der Waals surface area contributed by atoms with Gasteiger partial charge in [0.25, 0.3) is 0 Å². The molecule has 4 N–H and O–H groups in total. The molecule has 4 aliphatic rings. The van der Waals surface area contributed by atoms with Gasteiger partial charge in [-0.3, -0.25) is 0 Å². The number of nitrogens with zero attached hydrogens (tertiary/aromatic N) is 12. The summed E-state index contributed by atoms with van der Waals surface area (Å²) < 4.78 is 39.2. The number of H-pyrrole nitrogens is 4. The molecule has 0 saturated carbocycles. The molecule has 22 nitrogen and oxygen atoms in total. The first kappa shape index (κ1) is 70.2. The first-order chi connectivity index (χ1) is 56.3. The summed E-state index contributed by atoms with van der Waals surface area (Å²) in [6.07, 6.45) is 20.2. The molecule has 4 aliphatic heterocycles. The van der Waals surface area contributed by atoms with Gasteiger partial charge >= 0.3 is 0 Å². The third-order valence-electron chi connectivity index (χ3n) is 19.9. The summed E-state index contributed by atoms with van der Waals surface area (Å²) in [6.45, 7) is 5.38. The van der Waals surface area contributed by atoms with Crippen LogP contribution in [0.25, 0.3) is 182 Å². The van der Waals surface area contributed by atoms with Crippen molar-refractivity contribution in [2.75, 3.05) is 66.1 Å². The summed E-state index contributed by atoms with van der Waals surface area (Å²) in [5.41, 5.74) is 27.4. The quantitative estimate of drug-likeness (QED) is 0.0290. The molecule has 10 aromatic heterocycles. The molecular weight excluding hydrogens is 1430 g/mol. The van der Waals surface area contributed by atoms with Crippen molar-refractivity contribution >= 4 is 115 Å². The Hall–Kier alpha value is -14.2. The van der Waals surface area contributed by atoms with E-state index in [9.17, 15) is 0 Å². The van der Waals surface area contributed by atoms with E-state index in [1.165, 1.54) is 0 Å². The first-order valence-electron chi connectivity index (χ1n) is 38.0. The fourth-order valence-corrected chi connectivity index (χ4v) is 14.2. The molecule has 0 aliphatic carbocycles. The second kappa shape index (κ2) is 32.0. The zero-order chi connectivity index (χ0) is 75.9. The Kier molecular flexibility index (Phi) is 19.7. The Morgan fingerprint density at radius 1 is 0.263 bits per heavy atom. The molecule has 558 valence electrons. The lowest BCUT2D eigenvalue weighted by Crippen LogP contribution is -2.13. The molecule has 19 rings (SSSR count). The molecule has 0 radical (unpaired) electrons. The summed E-state index contributed by atoms with van der Waals surface area (Å²) >= 11 is 0. The first-order valence-corrected chi connectivity index (χ1v) is 38.0. The summed E-state index contributed by atoms with van der Waals surface area (Å²) in [6, 6.07) is 73.9. The zero-order valence-corrected chi connectivity index (χ0v) is 61.9. The molecule has 114 heavy (non-hydrogen) atoms. The van der Waals surface area contributed by atoms with Crippen molar-refractivity contribution in [1.82, 2.24) is 79.8 Å². The van der Waals surface area contributed by atoms with Crippen LogP contribution in [0.5, 0.6) is 11.5 Å². The standard InChI is InChI=1S/C92H74N16O6/c1-5-63(89-83-35-25-75(97-83)53-71-21-17-67(93-71)51-68-18-22-72(94-68)54-76-26-36-84(89)98-76)6-2-61(1)87-57-107(105-103-87)39-41-109-43-45-111-47-49-113-79-29-11-59(12-30-79)81-33-15-65-9-10-66-16-34-82(102-92(66)91(65)101-81)60-13-31-80(32-14-60)114-50-48-112-46-44-110-42-40-108-58-88(104-106-108)62-3-7-64(8-4-62)90-85-37-27-77(99-85)55-73-23-19-69(95-73)52-70-20-24-74(96-70)56-78-28-38-86(90)100-78/h1-38,51-58,93,95,98,100H,39-50H2. The van der Waals surface area contributed by atoms with Crippen molar-refractivity contribution in [2.45, 2.75) is 13.1 Å². The molecule has 22 heteroatoms. The van der Waals surface area contributed by atoms with Crippen LogP contribution in [0.4, 0.5) is 0 Å². The molecule has 0 atom stereocenters. The Balaban J connectivity index is 0.397. The maximum Gasteiger partial charge on any atom is 0.119 e. The highest BCUT2D eigenvalue weighted by atomic mass is 16.5. The number of nitrogens with one attached hydrogen (secondary N) is 4. The number of benzene rings is 5. The highest BCUT2D eigenvalue weighted by Crippen LogP contribution is 2.36. The molecule has 15 aromatic rings. The van der Waals surface area contributed by atoms with E-state index in [2.05, 4.69) is 198 Å². The second-order valence-corrected chi connectivity index (χ2v) is 27.8. The molecule has 0 amide bonds. The van der Waals surface area contributed by atoms with Gasteiger partial charge in [0, 0.05) is 88.3 Å². The lowest BCUT2D eigenvalue weighted by atomic mass is 10.0. The van der Waals surface area contributed by atoms with E-state index in [0.29, 0.717) is 79.2 Å². The van der Waals surface area contributed by atoms with E-state index < -0.39 is 0 Å². The monoisotopic (exact) mass is 1500 g/mol. The van der Waals surface area contributed by atoms with Gasteiger partial charge in [-0.15, -0.1) is 10.2 Å². The van der Waals surface area contributed by atoms with Crippen molar-refractivity contribution in [1.29, 1.82) is 0 Å². The summed E-state index contributed by atoms with van der Waals surface area (Å²) in [4.78, 5) is 44.2. The minimum atomic E-state index is 0.395. The van der Waals surface area contributed by atoms with Gasteiger partial charge in [-0.2, -0.15) is 0 Å². The lowest BCUT2D eigenvalue weighted by molar-refractivity contribution is 0.0333. The molecule has 0 spiro atoms. The van der Waals surface area contributed by atoms with Gasteiger partial charge in [0.2, 0.25) is 0 Å². The summed E-state index contributed by atoms with van der Waals surface area (Å²) in [5, 5.41) is 19.8. The molecule has 0 fully saturated rings.